The Balaban J connectivity index is 1.61. The van der Waals surface area contributed by atoms with Crippen LogP contribution in [-0.2, 0) is 16.0 Å². The van der Waals surface area contributed by atoms with Crippen LogP contribution in [0.15, 0.2) is 52.9 Å². The molecule has 26 heavy (non-hydrogen) atoms. The maximum absolute atomic E-state index is 13.0. The number of carbonyl (C=O) groups excluding carboxylic acids is 1. The lowest BCUT2D eigenvalue weighted by Crippen LogP contribution is -2.11. The van der Waals surface area contributed by atoms with Crippen molar-refractivity contribution in [1.82, 2.24) is 10.2 Å². The molecule has 3 aromatic rings. The molecule has 134 valence electrons. The minimum absolute atomic E-state index is 0.118. The fraction of sp³-hybridized carbons (Fsp3) is 0.211. The molecule has 0 spiro atoms. The van der Waals surface area contributed by atoms with E-state index in [9.17, 15) is 9.18 Å². The van der Waals surface area contributed by atoms with Crippen molar-refractivity contribution in [2.24, 2.45) is 0 Å². The van der Waals surface area contributed by atoms with Gasteiger partial charge in [-0.2, -0.15) is 0 Å². The SMILES string of the molecule is COc1ccc(CC(=O)O[C@H](C)c2nnc(-c3ccc(F)cc3)o2)cc1. The highest BCUT2D eigenvalue weighted by molar-refractivity contribution is 5.72. The molecule has 7 heteroatoms. The van der Waals surface area contributed by atoms with Crippen LogP contribution >= 0.6 is 0 Å². The van der Waals surface area contributed by atoms with E-state index in [0.29, 0.717) is 5.56 Å². The van der Waals surface area contributed by atoms with Gasteiger partial charge in [0.05, 0.1) is 13.5 Å². The second-order valence-electron chi connectivity index (χ2n) is 5.61. The van der Waals surface area contributed by atoms with E-state index in [0.717, 1.165) is 11.3 Å². The first-order chi connectivity index (χ1) is 12.5. The second kappa shape index (κ2) is 7.77. The Kier molecular flexibility index (Phi) is 5.26. The number of nitrogens with zero attached hydrogens (tertiary/aromatic N) is 2. The molecule has 1 heterocycles. The number of methoxy groups -OCH3 is 1. The second-order valence-corrected chi connectivity index (χ2v) is 5.61. The Morgan fingerprint density at radius 3 is 2.46 bits per heavy atom. The zero-order chi connectivity index (χ0) is 18.5. The van der Waals surface area contributed by atoms with E-state index in [1.54, 1.807) is 38.3 Å². The average molecular weight is 356 g/mol. The Morgan fingerprint density at radius 2 is 1.81 bits per heavy atom. The van der Waals surface area contributed by atoms with Crippen molar-refractivity contribution in [2.75, 3.05) is 7.11 Å². The van der Waals surface area contributed by atoms with Gasteiger partial charge in [-0.25, -0.2) is 4.39 Å². The van der Waals surface area contributed by atoms with Crippen LogP contribution in [-0.4, -0.2) is 23.3 Å². The highest BCUT2D eigenvalue weighted by atomic mass is 19.1. The number of benzene rings is 2. The van der Waals surface area contributed by atoms with Crippen LogP contribution in [0.1, 0.15) is 24.5 Å². The summed E-state index contributed by atoms with van der Waals surface area (Å²) in [7, 11) is 1.58. The lowest BCUT2D eigenvalue weighted by atomic mass is 10.1. The number of hydrogen-bond acceptors (Lipinski definition) is 6. The molecule has 2 aromatic carbocycles. The van der Waals surface area contributed by atoms with E-state index in [4.69, 9.17) is 13.9 Å². The van der Waals surface area contributed by atoms with Gasteiger partial charge < -0.3 is 13.9 Å². The molecule has 6 nitrogen and oxygen atoms in total. The highest BCUT2D eigenvalue weighted by Crippen LogP contribution is 2.23. The zero-order valence-electron chi connectivity index (χ0n) is 14.3. The molecule has 0 aliphatic heterocycles. The van der Waals surface area contributed by atoms with Gasteiger partial charge in [-0.15, -0.1) is 10.2 Å². The van der Waals surface area contributed by atoms with E-state index in [1.807, 2.05) is 0 Å². The summed E-state index contributed by atoms with van der Waals surface area (Å²) in [5.74, 6) is 0.360. The molecule has 0 saturated heterocycles. The van der Waals surface area contributed by atoms with Crippen molar-refractivity contribution in [3.05, 3.63) is 65.8 Å². The van der Waals surface area contributed by atoms with Crippen LogP contribution in [0.25, 0.3) is 11.5 Å². The lowest BCUT2D eigenvalue weighted by molar-refractivity contribution is -0.148. The van der Waals surface area contributed by atoms with Crippen molar-refractivity contribution in [1.29, 1.82) is 0 Å². The van der Waals surface area contributed by atoms with Crippen LogP contribution in [0.5, 0.6) is 5.75 Å². The molecule has 3 rings (SSSR count). The van der Waals surface area contributed by atoms with Crippen LogP contribution in [0.4, 0.5) is 4.39 Å². The van der Waals surface area contributed by atoms with Gasteiger partial charge in [-0.3, -0.25) is 4.79 Å². The van der Waals surface area contributed by atoms with E-state index in [1.165, 1.54) is 24.3 Å². The van der Waals surface area contributed by atoms with Crippen molar-refractivity contribution in [3.63, 3.8) is 0 Å². The zero-order valence-corrected chi connectivity index (χ0v) is 14.3. The summed E-state index contributed by atoms with van der Waals surface area (Å²) in [5.41, 5.74) is 1.39. The van der Waals surface area contributed by atoms with Crippen LogP contribution in [0.2, 0.25) is 0 Å². The number of halogens is 1. The molecule has 1 aromatic heterocycles. The third kappa shape index (κ3) is 4.24. The summed E-state index contributed by atoms with van der Waals surface area (Å²) in [6.07, 6.45) is -0.574. The minimum Gasteiger partial charge on any atom is -0.497 e. The largest absolute Gasteiger partial charge is 0.497 e. The summed E-state index contributed by atoms with van der Waals surface area (Å²) >= 11 is 0. The van der Waals surface area contributed by atoms with Crippen LogP contribution in [0.3, 0.4) is 0 Å². The Morgan fingerprint density at radius 1 is 1.12 bits per heavy atom. The number of hydrogen-bond donors (Lipinski definition) is 0. The van der Waals surface area contributed by atoms with Crippen LogP contribution < -0.4 is 4.74 Å². The van der Waals surface area contributed by atoms with Crippen molar-refractivity contribution in [3.8, 4) is 17.2 Å². The van der Waals surface area contributed by atoms with Gasteiger partial charge in [0.2, 0.25) is 5.89 Å². The standard InChI is InChI=1S/C19H17FN2O4/c1-12(25-17(23)11-13-3-9-16(24-2)10-4-13)18-21-22-19(26-18)14-5-7-15(20)8-6-14/h3-10,12H,11H2,1-2H3/t12-/m1/s1. The van der Waals surface area contributed by atoms with Crippen molar-refractivity contribution >= 4 is 5.97 Å². The van der Waals surface area contributed by atoms with Crippen molar-refractivity contribution in [2.45, 2.75) is 19.4 Å². The van der Waals surface area contributed by atoms with Gasteiger partial charge in [0, 0.05) is 5.56 Å². The van der Waals surface area contributed by atoms with Gasteiger partial charge in [0.25, 0.3) is 5.89 Å². The van der Waals surface area contributed by atoms with Gasteiger partial charge in [-0.05, 0) is 48.9 Å². The Bertz CT molecular complexity index is 875. The first kappa shape index (κ1) is 17.6. The van der Waals surface area contributed by atoms with Gasteiger partial charge >= 0.3 is 5.97 Å². The molecule has 0 aliphatic carbocycles. The lowest BCUT2D eigenvalue weighted by Gasteiger charge is -2.09. The third-order valence-electron chi connectivity index (χ3n) is 3.70. The topological polar surface area (TPSA) is 74.5 Å². The van der Waals surface area contributed by atoms with Crippen LogP contribution in [0, 0.1) is 5.82 Å². The molecular weight excluding hydrogens is 339 g/mol. The summed E-state index contributed by atoms with van der Waals surface area (Å²) in [4.78, 5) is 12.1. The fourth-order valence-corrected chi connectivity index (χ4v) is 2.31. The summed E-state index contributed by atoms with van der Waals surface area (Å²) in [6.45, 7) is 1.65. The molecule has 0 N–H and O–H groups in total. The van der Waals surface area contributed by atoms with E-state index in [-0.39, 0.29) is 24.0 Å². The molecule has 0 bridgehead atoms. The molecule has 0 aliphatic rings. The van der Waals surface area contributed by atoms with Gasteiger partial charge in [-0.1, -0.05) is 12.1 Å². The summed E-state index contributed by atoms with van der Waals surface area (Å²) in [5, 5.41) is 7.80. The molecule has 0 amide bonds. The molecule has 0 saturated carbocycles. The maximum Gasteiger partial charge on any atom is 0.311 e. The maximum atomic E-state index is 13.0. The monoisotopic (exact) mass is 356 g/mol. The smallest absolute Gasteiger partial charge is 0.311 e. The fourth-order valence-electron chi connectivity index (χ4n) is 2.31. The summed E-state index contributed by atoms with van der Waals surface area (Å²) < 4.78 is 28.9. The molecule has 0 fully saturated rings. The van der Waals surface area contributed by atoms with E-state index in [2.05, 4.69) is 10.2 Å². The summed E-state index contributed by atoms with van der Waals surface area (Å²) in [6, 6.07) is 12.8. The molecule has 0 radical (unpaired) electrons. The number of esters is 1. The average Bonchev–Trinajstić information content (AvgIpc) is 3.13. The Labute approximate surface area is 149 Å². The third-order valence-corrected chi connectivity index (χ3v) is 3.70. The number of aromatic nitrogens is 2. The predicted octanol–water partition coefficient (Wildman–Crippen LogP) is 3.73. The minimum atomic E-state index is -0.692. The molecule has 0 unspecified atom stereocenters. The first-order valence-electron chi connectivity index (χ1n) is 7.97. The van der Waals surface area contributed by atoms with Crippen molar-refractivity contribution < 1.29 is 23.1 Å². The molecular formula is C19H17FN2O4. The number of rotatable bonds is 6. The van der Waals surface area contributed by atoms with Gasteiger partial charge in [0.15, 0.2) is 6.10 Å². The number of ether oxygens (including phenoxy) is 2. The predicted molar refractivity (Wildman–Crippen MR) is 90.9 cm³/mol. The van der Waals surface area contributed by atoms with E-state index < -0.39 is 12.1 Å². The van der Waals surface area contributed by atoms with E-state index >= 15 is 0 Å². The number of carbonyl (C=O) groups is 1. The Hall–Kier alpha value is -3.22. The normalized spacial score (nSPS) is 11.8. The first-order valence-corrected chi connectivity index (χ1v) is 7.97. The van der Waals surface area contributed by atoms with Gasteiger partial charge in [0.1, 0.15) is 11.6 Å². The highest BCUT2D eigenvalue weighted by Gasteiger charge is 2.19. The molecule has 1 atom stereocenters. The quantitative estimate of drug-likeness (QED) is 0.627.